The number of hydrogen-bond donors (Lipinski definition) is 1. The molecular weight excluding hydrogens is 434 g/mol. The number of carbonyl (C=O) groups is 1. The van der Waals surface area contributed by atoms with Gasteiger partial charge >= 0.3 is 0 Å². The Morgan fingerprint density at radius 1 is 0.912 bits per heavy atom. The summed E-state index contributed by atoms with van der Waals surface area (Å²) in [5, 5.41) is 4.01. The van der Waals surface area contributed by atoms with Gasteiger partial charge in [-0.15, -0.1) is 0 Å². The largest absolute Gasteiger partial charge is 0.491 e. The highest BCUT2D eigenvalue weighted by atomic mass is 16.6. The zero-order valence-electron chi connectivity index (χ0n) is 19.4. The van der Waals surface area contributed by atoms with Gasteiger partial charge in [0.05, 0.1) is 26.0 Å². The van der Waals surface area contributed by atoms with Crippen LogP contribution < -0.4 is 19.6 Å². The molecule has 0 fully saturated rings. The normalized spacial score (nSPS) is 10.8. The number of aromatic nitrogens is 1. The first-order valence-electron chi connectivity index (χ1n) is 11.1. The van der Waals surface area contributed by atoms with Gasteiger partial charge in [0, 0.05) is 18.0 Å². The summed E-state index contributed by atoms with van der Waals surface area (Å²) >= 11 is 0. The van der Waals surface area contributed by atoms with Crippen molar-refractivity contribution in [3.8, 4) is 17.2 Å². The molecule has 1 aromatic heterocycles. The molecule has 178 valence electrons. The predicted octanol–water partition coefficient (Wildman–Crippen LogP) is 4.03. The Morgan fingerprint density at radius 3 is 2.38 bits per heavy atom. The van der Waals surface area contributed by atoms with Crippen LogP contribution in [0.15, 0.2) is 72.1 Å². The summed E-state index contributed by atoms with van der Waals surface area (Å²) < 4.78 is 22.7. The number of nitrogens with zero attached hydrogens (tertiary/aromatic N) is 2. The van der Waals surface area contributed by atoms with E-state index in [1.807, 2.05) is 44.2 Å². The van der Waals surface area contributed by atoms with E-state index in [4.69, 9.17) is 18.9 Å². The minimum absolute atomic E-state index is 0.312. The van der Waals surface area contributed by atoms with E-state index in [0.29, 0.717) is 50.1 Å². The molecule has 1 heterocycles. The summed E-state index contributed by atoms with van der Waals surface area (Å²) in [6.07, 6.45) is 4.65. The maximum absolute atomic E-state index is 12.0. The molecule has 3 rings (SSSR count). The molecule has 0 aliphatic carbocycles. The first-order valence-corrected chi connectivity index (χ1v) is 11.1. The van der Waals surface area contributed by atoms with Gasteiger partial charge in [-0.3, -0.25) is 9.78 Å². The topological polar surface area (TPSA) is 91.3 Å². The number of aryl methyl sites for hydroxylation is 1. The number of nitrogens with one attached hydrogen (secondary N) is 1. The number of hydrazone groups is 1. The highest BCUT2D eigenvalue weighted by Crippen LogP contribution is 2.28. The second-order valence-corrected chi connectivity index (χ2v) is 7.20. The van der Waals surface area contributed by atoms with E-state index in [1.54, 1.807) is 42.9 Å². The van der Waals surface area contributed by atoms with Crippen molar-refractivity contribution in [2.24, 2.45) is 5.10 Å². The van der Waals surface area contributed by atoms with Gasteiger partial charge in [0.15, 0.2) is 11.5 Å². The molecule has 1 N–H and O–H groups in total. The molecular formula is C26H29N3O5. The maximum Gasteiger partial charge on any atom is 0.271 e. The Hall–Kier alpha value is -3.91. The van der Waals surface area contributed by atoms with E-state index in [-0.39, 0.29) is 5.91 Å². The molecule has 0 unspecified atom stereocenters. The van der Waals surface area contributed by atoms with E-state index in [1.165, 1.54) is 5.56 Å². The molecule has 2 aromatic carbocycles. The molecule has 0 aliphatic rings. The highest BCUT2D eigenvalue weighted by Gasteiger charge is 2.07. The quantitative estimate of drug-likeness (QED) is 0.234. The van der Waals surface area contributed by atoms with Crippen LogP contribution in [-0.4, -0.2) is 50.1 Å². The minimum atomic E-state index is -0.312. The van der Waals surface area contributed by atoms with Crippen LogP contribution >= 0.6 is 0 Å². The summed E-state index contributed by atoms with van der Waals surface area (Å²) in [5.41, 5.74) is 4.92. The lowest BCUT2D eigenvalue weighted by Crippen LogP contribution is -2.17. The first kappa shape index (κ1) is 24.7. The van der Waals surface area contributed by atoms with E-state index in [0.717, 1.165) is 11.3 Å². The van der Waals surface area contributed by atoms with Gasteiger partial charge in [-0.2, -0.15) is 5.10 Å². The number of pyridine rings is 1. The third-order valence-corrected chi connectivity index (χ3v) is 4.59. The van der Waals surface area contributed by atoms with Crippen molar-refractivity contribution < 1.29 is 23.7 Å². The number of ether oxygens (including phenoxy) is 4. The fraction of sp³-hybridized carbons (Fsp3) is 0.269. The molecule has 0 atom stereocenters. The molecule has 34 heavy (non-hydrogen) atoms. The number of rotatable bonds is 13. The van der Waals surface area contributed by atoms with Crippen LogP contribution in [0, 0.1) is 6.92 Å². The van der Waals surface area contributed by atoms with Crippen LogP contribution in [-0.2, 0) is 4.74 Å². The van der Waals surface area contributed by atoms with Gasteiger partial charge in [0.2, 0.25) is 0 Å². The first-order chi connectivity index (χ1) is 16.7. The Balaban J connectivity index is 1.41. The fourth-order valence-electron chi connectivity index (χ4n) is 2.89. The Morgan fingerprint density at radius 2 is 1.65 bits per heavy atom. The van der Waals surface area contributed by atoms with Crippen LogP contribution in [0.4, 0.5) is 0 Å². The standard InChI is InChI=1S/C26H29N3O5/c1-3-32-25-18-21(19-28-29-26(30)22-10-12-27-13-11-22)6-9-24(25)34-17-15-31-14-16-33-23-7-4-20(2)5-8-23/h4-13,18-19H,3,14-17H2,1-2H3,(H,29,30)/b28-19+. The van der Waals surface area contributed by atoms with E-state index in [2.05, 4.69) is 15.5 Å². The number of amides is 1. The third-order valence-electron chi connectivity index (χ3n) is 4.59. The van der Waals surface area contributed by atoms with Gasteiger partial charge in [-0.05, 0) is 61.9 Å². The van der Waals surface area contributed by atoms with Crippen molar-refractivity contribution in [2.75, 3.05) is 33.0 Å². The summed E-state index contributed by atoms with van der Waals surface area (Å²) in [7, 11) is 0. The summed E-state index contributed by atoms with van der Waals surface area (Å²) in [4.78, 5) is 15.9. The fourth-order valence-corrected chi connectivity index (χ4v) is 2.89. The van der Waals surface area contributed by atoms with Crippen molar-refractivity contribution in [3.05, 3.63) is 83.7 Å². The Bertz CT molecular complexity index is 1060. The van der Waals surface area contributed by atoms with Crippen molar-refractivity contribution in [2.45, 2.75) is 13.8 Å². The third kappa shape index (κ3) is 8.22. The van der Waals surface area contributed by atoms with Crippen LogP contribution in [0.3, 0.4) is 0 Å². The van der Waals surface area contributed by atoms with Gasteiger partial charge in [-0.1, -0.05) is 17.7 Å². The molecule has 0 aliphatic heterocycles. The molecule has 0 saturated carbocycles. The van der Waals surface area contributed by atoms with Crippen LogP contribution in [0.2, 0.25) is 0 Å². The zero-order chi connectivity index (χ0) is 24.0. The SMILES string of the molecule is CCOc1cc(/C=N/NC(=O)c2ccncc2)ccc1OCCOCCOc1ccc(C)cc1. The number of benzene rings is 2. The van der Waals surface area contributed by atoms with Crippen molar-refractivity contribution in [1.82, 2.24) is 10.4 Å². The van der Waals surface area contributed by atoms with Gasteiger partial charge in [-0.25, -0.2) is 5.43 Å². The lowest BCUT2D eigenvalue weighted by molar-refractivity contribution is 0.0755. The molecule has 0 radical (unpaired) electrons. The van der Waals surface area contributed by atoms with Crippen LogP contribution in [0.5, 0.6) is 17.2 Å². The van der Waals surface area contributed by atoms with Gasteiger partial charge in [0.1, 0.15) is 19.0 Å². The van der Waals surface area contributed by atoms with Gasteiger partial charge < -0.3 is 18.9 Å². The molecule has 1 amide bonds. The van der Waals surface area contributed by atoms with E-state index < -0.39 is 0 Å². The molecule has 8 heteroatoms. The molecule has 0 saturated heterocycles. The van der Waals surface area contributed by atoms with Gasteiger partial charge in [0.25, 0.3) is 5.91 Å². The Labute approximate surface area is 199 Å². The summed E-state index contributed by atoms with van der Waals surface area (Å²) in [6, 6.07) is 16.6. The molecule has 0 spiro atoms. The monoisotopic (exact) mass is 463 g/mol. The average Bonchev–Trinajstić information content (AvgIpc) is 2.86. The summed E-state index contributed by atoms with van der Waals surface area (Å²) in [5.74, 6) is 1.72. The van der Waals surface area contributed by atoms with E-state index in [9.17, 15) is 4.79 Å². The highest BCUT2D eigenvalue weighted by molar-refractivity contribution is 5.94. The molecule has 3 aromatic rings. The second kappa shape index (κ2) is 13.6. The van der Waals surface area contributed by atoms with Crippen molar-refractivity contribution in [1.29, 1.82) is 0 Å². The lowest BCUT2D eigenvalue weighted by Gasteiger charge is -2.13. The zero-order valence-corrected chi connectivity index (χ0v) is 19.4. The lowest BCUT2D eigenvalue weighted by atomic mass is 10.2. The average molecular weight is 464 g/mol. The Kier molecular flexibility index (Phi) is 9.89. The maximum atomic E-state index is 12.0. The minimum Gasteiger partial charge on any atom is -0.491 e. The molecule has 8 nitrogen and oxygen atoms in total. The van der Waals surface area contributed by atoms with Crippen LogP contribution in [0.1, 0.15) is 28.4 Å². The van der Waals surface area contributed by atoms with E-state index >= 15 is 0 Å². The molecule has 0 bridgehead atoms. The number of carbonyl (C=O) groups excluding carboxylic acids is 1. The van der Waals surface area contributed by atoms with Crippen LogP contribution in [0.25, 0.3) is 0 Å². The predicted molar refractivity (Wildman–Crippen MR) is 130 cm³/mol. The second-order valence-electron chi connectivity index (χ2n) is 7.20. The summed E-state index contributed by atoms with van der Waals surface area (Å²) in [6.45, 7) is 6.16. The van der Waals surface area contributed by atoms with Crippen molar-refractivity contribution >= 4 is 12.1 Å². The van der Waals surface area contributed by atoms with Crippen molar-refractivity contribution in [3.63, 3.8) is 0 Å². The number of hydrogen-bond acceptors (Lipinski definition) is 7. The smallest absolute Gasteiger partial charge is 0.271 e.